The molecule has 0 bridgehead atoms. The number of ether oxygens (including phenoxy) is 2. The van der Waals surface area contributed by atoms with Gasteiger partial charge in [0.15, 0.2) is 0 Å². The van der Waals surface area contributed by atoms with Gasteiger partial charge in [-0.15, -0.1) is 0 Å². The molecule has 1 aliphatic heterocycles. The second-order valence-electron chi connectivity index (χ2n) is 7.03. The molecule has 0 unspecified atom stereocenters. The van der Waals surface area contributed by atoms with Crippen molar-refractivity contribution >= 4 is 28.4 Å². The van der Waals surface area contributed by atoms with Crippen LogP contribution >= 0.6 is 0 Å². The number of anilines is 3. The van der Waals surface area contributed by atoms with Crippen molar-refractivity contribution in [3.8, 4) is 5.75 Å². The van der Waals surface area contributed by atoms with Gasteiger partial charge in [-0.1, -0.05) is 12.1 Å². The van der Waals surface area contributed by atoms with Crippen LogP contribution < -0.4 is 15.0 Å². The largest absolute Gasteiger partial charge is 0.497 e. The third-order valence-electron chi connectivity index (χ3n) is 5.18. The number of fused-ring (bicyclic) bond motifs is 1. The van der Waals surface area contributed by atoms with E-state index >= 15 is 0 Å². The van der Waals surface area contributed by atoms with E-state index in [0.717, 1.165) is 67.6 Å². The highest BCUT2D eigenvalue weighted by molar-refractivity contribution is 5.92. The molecule has 4 rings (SSSR count). The van der Waals surface area contributed by atoms with Gasteiger partial charge in [-0.25, -0.2) is 4.98 Å². The molecule has 0 aliphatic carbocycles. The van der Waals surface area contributed by atoms with Crippen LogP contribution in [0.1, 0.15) is 0 Å². The molecule has 152 valence electrons. The van der Waals surface area contributed by atoms with Crippen molar-refractivity contribution in [2.24, 2.45) is 0 Å². The van der Waals surface area contributed by atoms with Crippen LogP contribution in [0.5, 0.6) is 5.75 Å². The van der Waals surface area contributed by atoms with Gasteiger partial charge in [-0.3, -0.25) is 4.90 Å². The van der Waals surface area contributed by atoms with Gasteiger partial charge in [0.05, 0.1) is 25.8 Å². The molecule has 0 atom stereocenters. The second-order valence-corrected chi connectivity index (χ2v) is 7.03. The zero-order chi connectivity index (χ0) is 20.1. The van der Waals surface area contributed by atoms with Gasteiger partial charge in [-0.2, -0.15) is 4.98 Å². The minimum atomic E-state index is 0.646. The van der Waals surface area contributed by atoms with Crippen molar-refractivity contribution in [1.29, 1.82) is 0 Å². The highest BCUT2D eigenvalue weighted by atomic mass is 16.5. The van der Waals surface area contributed by atoms with Gasteiger partial charge in [0, 0.05) is 44.3 Å². The summed E-state index contributed by atoms with van der Waals surface area (Å²) in [6, 6.07) is 16.1. The maximum Gasteiger partial charge on any atom is 0.225 e. The fraction of sp³-hybridized carbons (Fsp3) is 0.364. The number of morpholine rings is 1. The van der Waals surface area contributed by atoms with Crippen molar-refractivity contribution in [1.82, 2.24) is 14.9 Å². The monoisotopic (exact) mass is 393 g/mol. The van der Waals surface area contributed by atoms with Crippen molar-refractivity contribution < 1.29 is 9.47 Å². The first-order valence-electron chi connectivity index (χ1n) is 9.93. The van der Waals surface area contributed by atoms with Gasteiger partial charge < -0.3 is 19.7 Å². The third-order valence-corrected chi connectivity index (χ3v) is 5.18. The fourth-order valence-corrected chi connectivity index (χ4v) is 3.47. The molecule has 2 heterocycles. The van der Waals surface area contributed by atoms with E-state index in [1.165, 1.54) is 0 Å². The van der Waals surface area contributed by atoms with Gasteiger partial charge in [-0.05, 0) is 36.4 Å². The molecule has 0 spiro atoms. The molecule has 7 nitrogen and oxygen atoms in total. The Morgan fingerprint density at radius 3 is 2.59 bits per heavy atom. The zero-order valence-corrected chi connectivity index (χ0v) is 17.0. The summed E-state index contributed by atoms with van der Waals surface area (Å²) in [7, 11) is 3.69. The lowest BCUT2D eigenvalue weighted by Crippen LogP contribution is -2.39. The normalized spacial score (nSPS) is 14.7. The zero-order valence-electron chi connectivity index (χ0n) is 17.0. The highest BCUT2D eigenvalue weighted by Gasteiger charge is 2.14. The molecule has 1 fully saturated rings. The quantitative estimate of drug-likeness (QED) is 0.662. The Balaban J connectivity index is 1.56. The Bertz CT molecular complexity index is 942. The number of nitrogens with one attached hydrogen (secondary N) is 1. The van der Waals surface area contributed by atoms with E-state index in [1.54, 1.807) is 7.11 Å². The van der Waals surface area contributed by atoms with Gasteiger partial charge in [0.2, 0.25) is 5.95 Å². The predicted octanol–water partition coefficient (Wildman–Crippen LogP) is 3.15. The van der Waals surface area contributed by atoms with Gasteiger partial charge >= 0.3 is 0 Å². The minimum Gasteiger partial charge on any atom is -0.497 e. The Kier molecular flexibility index (Phi) is 6.07. The van der Waals surface area contributed by atoms with Crippen LogP contribution in [0.3, 0.4) is 0 Å². The van der Waals surface area contributed by atoms with Gasteiger partial charge in [0.25, 0.3) is 0 Å². The summed E-state index contributed by atoms with van der Waals surface area (Å²) in [4.78, 5) is 14.0. The van der Waals surface area contributed by atoms with E-state index in [4.69, 9.17) is 19.4 Å². The molecule has 0 radical (unpaired) electrons. The summed E-state index contributed by atoms with van der Waals surface area (Å²) < 4.78 is 10.7. The molecular weight excluding hydrogens is 366 g/mol. The number of nitrogens with zero attached hydrogens (tertiary/aromatic N) is 4. The average Bonchev–Trinajstić information content (AvgIpc) is 2.79. The summed E-state index contributed by atoms with van der Waals surface area (Å²) in [5.74, 6) is 2.35. The maximum absolute atomic E-state index is 5.41. The van der Waals surface area contributed by atoms with Crippen molar-refractivity contribution in [2.45, 2.75) is 0 Å². The Morgan fingerprint density at radius 1 is 1.07 bits per heavy atom. The standard InChI is InChI=1S/C22H27N5O2/c1-26(17-7-9-18(28-2)10-8-17)21-19-5-3-4-6-20(19)24-22(25-21)23-11-12-27-13-15-29-16-14-27/h3-10H,11-16H2,1-2H3,(H,23,24,25). The molecule has 0 saturated carbocycles. The maximum atomic E-state index is 5.41. The number of para-hydroxylation sites is 1. The molecule has 7 heteroatoms. The molecule has 2 aromatic carbocycles. The molecule has 3 aromatic rings. The average molecular weight is 393 g/mol. The van der Waals surface area contributed by atoms with E-state index < -0.39 is 0 Å². The van der Waals surface area contributed by atoms with Crippen LogP contribution in [0.15, 0.2) is 48.5 Å². The van der Waals surface area contributed by atoms with E-state index in [2.05, 4.69) is 21.2 Å². The lowest BCUT2D eigenvalue weighted by Gasteiger charge is -2.26. The number of aromatic nitrogens is 2. The van der Waals surface area contributed by atoms with Crippen LogP contribution in [-0.4, -0.2) is 68.4 Å². The number of rotatable bonds is 7. The summed E-state index contributed by atoms with van der Waals surface area (Å²) in [5.41, 5.74) is 1.96. The Morgan fingerprint density at radius 2 is 1.83 bits per heavy atom. The molecule has 0 amide bonds. The molecule has 1 aliphatic rings. The number of methoxy groups -OCH3 is 1. The predicted molar refractivity (Wildman–Crippen MR) is 116 cm³/mol. The van der Waals surface area contributed by atoms with Crippen LogP contribution in [0, 0.1) is 0 Å². The van der Waals surface area contributed by atoms with Gasteiger partial charge in [0.1, 0.15) is 11.6 Å². The van der Waals surface area contributed by atoms with Crippen molar-refractivity contribution in [3.05, 3.63) is 48.5 Å². The van der Waals surface area contributed by atoms with Crippen LogP contribution in [-0.2, 0) is 4.74 Å². The molecular formula is C22H27N5O2. The molecule has 1 saturated heterocycles. The molecule has 29 heavy (non-hydrogen) atoms. The molecule has 1 aromatic heterocycles. The summed E-state index contributed by atoms with van der Waals surface area (Å²) in [6.45, 7) is 5.32. The van der Waals surface area contributed by atoms with Crippen molar-refractivity contribution in [3.63, 3.8) is 0 Å². The van der Waals surface area contributed by atoms with Crippen LogP contribution in [0.4, 0.5) is 17.5 Å². The first kappa shape index (κ1) is 19.4. The van der Waals surface area contributed by atoms with Crippen LogP contribution in [0.25, 0.3) is 10.9 Å². The van der Waals surface area contributed by atoms with E-state index in [9.17, 15) is 0 Å². The highest BCUT2D eigenvalue weighted by Crippen LogP contribution is 2.30. The first-order valence-corrected chi connectivity index (χ1v) is 9.93. The first-order chi connectivity index (χ1) is 14.2. The van der Waals surface area contributed by atoms with Crippen molar-refractivity contribution in [2.75, 3.05) is 63.8 Å². The van der Waals surface area contributed by atoms with Crippen LogP contribution in [0.2, 0.25) is 0 Å². The second kappa shape index (κ2) is 9.07. The Hall–Kier alpha value is -2.90. The Labute approximate surface area is 171 Å². The SMILES string of the molecule is COc1ccc(N(C)c2nc(NCCN3CCOCC3)nc3ccccc23)cc1. The number of benzene rings is 2. The van der Waals surface area contributed by atoms with E-state index in [-0.39, 0.29) is 0 Å². The van der Waals surface area contributed by atoms with E-state index in [0.29, 0.717) is 5.95 Å². The summed E-state index contributed by atoms with van der Waals surface area (Å²) in [5, 5.41) is 4.42. The topological polar surface area (TPSA) is 62.8 Å². The number of hydrogen-bond donors (Lipinski definition) is 1. The third kappa shape index (κ3) is 4.58. The smallest absolute Gasteiger partial charge is 0.225 e. The molecule has 1 N–H and O–H groups in total. The summed E-state index contributed by atoms with van der Waals surface area (Å²) in [6.07, 6.45) is 0. The van der Waals surface area contributed by atoms with E-state index in [1.807, 2.05) is 49.5 Å². The minimum absolute atomic E-state index is 0.646. The number of hydrogen-bond acceptors (Lipinski definition) is 7. The lowest BCUT2D eigenvalue weighted by atomic mass is 10.2. The lowest BCUT2D eigenvalue weighted by molar-refractivity contribution is 0.0398. The summed E-state index contributed by atoms with van der Waals surface area (Å²) >= 11 is 0. The fourth-order valence-electron chi connectivity index (χ4n) is 3.47.